The Morgan fingerprint density at radius 3 is 2.16 bits per heavy atom. The summed E-state index contributed by atoms with van der Waals surface area (Å²) in [6.07, 6.45) is 7.42. The van der Waals surface area contributed by atoms with Gasteiger partial charge in [0, 0.05) is 17.0 Å². The van der Waals surface area contributed by atoms with E-state index in [9.17, 15) is 5.11 Å². The van der Waals surface area contributed by atoms with Gasteiger partial charge in [0.1, 0.15) is 0 Å². The summed E-state index contributed by atoms with van der Waals surface area (Å²) in [7, 11) is 0. The third kappa shape index (κ3) is 3.72. The monoisotopic (exact) mass is 267 g/mol. The fraction of sp³-hybridized carbons (Fsp3) is 1.00. The minimum atomic E-state index is -0.148. The quantitative estimate of drug-likeness (QED) is 0.799. The van der Waals surface area contributed by atoms with E-state index < -0.39 is 0 Å². The molecule has 19 heavy (non-hydrogen) atoms. The van der Waals surface area contributed by atoms with Crippen molar-refractivity contribution >= 4 is 0 Å². The highest BCUT2D eigenvalue weighted by molar-refractivity contribution is 5.03. The van der Waals surface area contributed by atoms with Crippen molar-refractivity contribution in [2.45, 2.75) is 90.3 Å². The molecule has 1 aliphatic heterocycles. The molecule has 0 aromatic carbocycles. The second-order valence-corrected chi connectivity index (χ2v) is 8.47. The Balaban J connectivity index is 1.99. The highest BCUT2D eigenvalue weighted by Gasteiger charge is 2.45. The zero-order valence-electron chi connectivity index (χ0n) is 13.5. The first-order valence-corrected chi connectivity index (χ1v) is 8.17. The van der Waals surface area contributed by atoms with Crippen molar-refractivity contribution in [3.05, 3.63) is 0 Å². The Morgan fingerprint density at radius 2 is 1.63 bits per heavy atom. The number of rotatable bonds is 2. The van der Waals surface area contributed by atoms with Crippen LogP contribution >= 0.6 is 0 Å². The molecule has 0 radical (unpaired) electrons. The van der Waals surface area contributed by atoms with Crippen molar-refractivity contribution in [1.29, 1.82) is 0 Å². The molecule has 0 aromatic heterocycles. The summed E-state index contributed by atoms with van der Waals surface area (Å²) in [4.78, 5) is 0. The van der Waals surface area contributed by atoms with E-state index in [2.05, 4.69) is 39.9 Å². The Hall–Kier alpha value is -0.0800. The average Bonchev–Trinajstić information content (AvgIpc) is 2.23. The van der Waals surface area contributed by atoms with Crippen molar-refractivity contribution in [2.24, 2.45) is 17.8 Å². The summed E-state index contributed by atoms with van der Waals surface area (Å²) in [6.45, 7) is 11.3. The molecule has 1 heterocycles. The lowest BCUT2D eigenvalue weighted by molar-refractivity contribution is -0.0346. The lowest BCUT2D eigenvalue weighted by atomic mass is 9.67. The molecule has 2 rings (SSSR count). The largest absolute Gasteiger partial charge is 0.393 e. The van der Waals surface area contributed by atoms with E-state index in [0.717, 1.165) is 18.3 Å². The second-order valence-electron chi connectivity index (χ2n) is 8.47. The standard InChI is InChI=1S/C17H33NO/c1-12-6-8-13(9-7-12)10-14-15(19)11-16(2,3)18-17(14,4)5/h12-15,18-19H,6-11H2,1-5H3. The van der Waals surface area contributed by atoms with Gasteiger partial charge in [-0.25, -0.2) is 0 Å². The van der Waals surface area contributed by atoms with Crippen LogP contribution in [0.15, 0.2) is 0 Å². The minimum absolute atomic E-state index is 0.0459. The van der Waals surface area contributed by atoms with E-state index in [0.29, 0.717) is 5.92 Å². The van der Waals surface area contributed by atoms with Gasteiger partial charge in [0.15, 0.2) is 0 Å². The molecular formula is C17H33NO. The molecule has 0 spiro atoms. The van der Waals surface area contributed by atoms with E-state index in [1.54, 1.807) is 0 Å². The van der Waals surface area contributed by atoms with Crippen LogP contribution in [0.25, 0.3) is 0 Å². The number of aliphatic hydroxyl groups is 1. The maximum atomic E-state index is 10.6. The number of piperidine rings is 1. The summed E-state index contributed by atoms with van der Waals surface area (Å²) in [5.74, 6) is 2.15. The van der Waals surface area contributed by atoms with Gasteiger partial charge >= 0.3 is 0 Å². The fourth-order valence-corrected chi connectivity index (χ4v) is 4.54. The third-order valence-electron chi connectivity index (χ3n) is 5.49. The van der Waals surface area contributed by atoms with E-state index in [-0.39, 0.29) is 17.2 Å². The Morgan fingerprint density at radius 1 is 1.05 bits per heavy atom. The minimum Gasteiger partial charge on any atom is -0.393 e. The Bertz CT molecular complexity index is 302. The van der Waals surface area contributed by atoms with Crippen LogP contribution in [0, 0.1) is 17.8 Å². The van der Waals surface area contributed by atoms with Gasteiger partial charge in [0.05, 0.1) is 6.10 Å². The highest BCUT2D eigenvalue weighted by Crippen LogP contribution is 2.41. The molecule has 2 unspecified atom stereocenters. The highest BCUT2D eigenvalue weighted by atomic mass is 16.3. The van der Waals surface area contributed by atoms with Crippen LogP contribution in [-0.2, 0) is 0 Å². The van der Waals surface area contributed by atoms with Crippen LogP contribution in [-0.4, -0.2) is 22.3 Å². The van der Waals surface area contributed by atoms with Gasteiger partial charge in [-0.3, -0.25) is 0 Å². The number of aliphatic hydroxyl groups excluding tert-OH is 1. The second kappa shape index (κ2) is 5.37. The zero-order valence-corrected chi connectivity index (χ0v) is 13.5. The number of hydrogen-bond acceptors (Lipinski definition) is 2. The summed E-state index contributed by atoms with van der Waals surface area (Å²) in [6, 6.07) is 0. The predicted molar refractivity (Wildman–Crippen MR) is 81.1 cm³/mol. The van der Waals surface area contributed by atoms with Crippen molar-refractivity contribution in [3.8, 4) is 0 Å². The van der Waals surface area contributed by atoms with Crippen molar-refractivity contribution < 1.29 is 5.11 Å². The van der Waals surface area contributed by atoms with Crippen LogP contribution in [0.1, 0.15) is 73.1 Å². The maximum Gasteiger partial charge on any atom is 0.0603 e. The van der Waals surface area contributed by atoms with Crippen molar-refractivity contribution in [2.75, 3.05) is 0 Å². The maximum absolute atomic E-state index is 10.6. The SMILES string of the molecule is CC1CCC(CC2C(O)CC(C)(C)NC2(C)C)CC1. The zero-order chi connectivity index (χ0) is 14.3. The molecule has 2 atom stereocenters. The molecule has 0 aromatic rings. The molecule has 1 aliphatic carbocycles. The molecule has 2 nitrogen and oxygen atoms in total. The molecule has 1 saturated heterocycles. The topological polar surface area (TPSA) is 32.3 Å². The van der Waals surface area contributed by atoms with Crippen LogP contribution in [0.2, 0.25) is 0 Å². The molecule has 2 fully saturated rings. The van der Waals surface area contributed by atoms with Gasteiger partial charge in [0.2, 0.25) is 0 Å². The first-order chi connectivity index (χ1) is 8.70. The smallest absolute Gasteiger partial charge is 0.0603 e. The average molecular weight is 267 g/mol. The molecule has 0 amide bonds. The number of nitrogens with one attached hydrogen (secondary N) is 1. The summed E-state index contributed by atoms with van der Waals surface area (Å²) in [5.41, 5.74) is 0.102. The van der Waals surface area contributed by atoms with Crippen molar-refractivity contribution in [3.63, 3.8) is 0 Å². The van der Waals surface area contributed by atoms with Crippen LogP contribution in [0.3, 0.4) is 0 Å². The Kier molecular flexibility index (Phi) is 4.32. The van der Waals surface area contributed by atoms with Gasteiger partial charge < -0.3 is 10.4 Å². The van der Waals surface area contributed by atoms with E-state index in [1.165, 1.54) is 32.1 Å². The van der Waals surface area contributed by atoms with Gasteiger partial charge in [-0.2, -0.15) is 0 Å². The van der Waals surface area contributed by atoms with E-state index in [4.69, 9.17) is 0 Å². The normalized spacial score (nSPS) is 42.0. The lowest BCUT2D eigenvalue weighted by Gasteiger charge is -2.51. The molecule has 2 aliphatic rings. The molecule has 0 bridgehead atoms. The van der Waals surface area contributed by atoms with E-state index in [1.807, 2.05) is 0 Å². The molecule has 112 valence electrons. The molecule has 1 saturated carbocycles. The van der Waals surface area contributed by atoms with Gasteiger partial charge in [0.25, 0.3) is 0 Å². The molecular weight excluding hydrogens is 234 g/mol. The third-order valence-corrected chi connectivity index (χ3v) is 5.49. The number of hydrogen-bond donors (Lipinski definition) is 2. The van der Waals surface area contributed by atoms with Crippen molar-refractivity contribution in [1.82, 2.24) is 5.32 Å². The van der Waals surface area contributed by atoms with E-state index >= 15 is 0 Å². The molecule has 2 N–H and O–H groups in total. The van der Waals surface area contributed by atoms with Gasteiger partial charge in [-0.05, 0) is 52.4 Å². The predicted octanol–water partition coefficient (Wildman–Crippen LogP) is 3.73. The van der Waals surface area contributed by atoms with Gasteiger partial charge in [-0.15, -0.1) is 0 Å². The van der Waals surface area contributed by atoms with Crippen LogP contribution in [0.5, 0.6) is 0 Å². The molecule has 2 heteroatoms. The summed E-state index contributed by atoms with van der Waals surface area (Å²) in [5, 5.41) is 14.3. The van der Waals surface area contributed by atoms with Gasteiger partial charge in [-0.1, -0.05) is 32.6 Å². The lowest BCUT2D eigenvalue weighted by Crippen LogP contribution is -2.64. The first-order valence-electron chi connectivity index (χ1n) is 8.17. The van der Waals surface area contributed by atoms with Crippen LogP contribution < -0.4 is 5.32 Å². The first kappa shape index (κ1) is 15.3. The summed E-state index contributed by atoms with van der Waals surface area (Å²) < 4.78 is 0. The van der Waals surface area contributed by atoms with Crippen LogP contribution in [0.4, 0.5) is 0 Å². The summed E-state index contributed by atoms with van der Waals surface area (Å²) >= 11 is 0. The fourth-order valence-electron chi connectivity index (χ4n) is 4.54. The Labute approximate surface area is 119 Å².